The van der Waals surface area contributed by atoms with Crippen LogP contribution in [0.25, 0.3) is 0 Å². The number of likely N-dealkylation sites (tertiary alicyclic amines) is 1. The molecule has 5 rings (SSSR count). The molecule has 180 valence electrons. The van der Waals surface area contributed by atoms with Gasteiger partial charge in [0.05, 0.1) is 18.4 Å². The van der Waals surface area contributed by atoms with Crippen LogP contribution in [-0.4, -0.2) is 60.8 Å². The van der Waals surface area contributed by atoms with Crippen molar-refractivity contribution >= 4 is 17.6 Å². The summed E-state index contributed by atoms with van der Waals surface area (Å²) < 4.78 is 5.60. The number of methoxy groups -OCH3 is 1. The summed E-state index contributed by atoms with van der Waals surface area (Å²) >= 11 is 0. The molecule has 2 fully saturated rings. The molecule has 0 radical (unpaired) electrons. The van der Waals surface area contributed by atoms with Gasteiger partial charge in [-0.25, -0.2) is 9.79 Å². The van der Waals surface area contributed by atoms with Crippen LogP contribution in [0.4, 0.5) is 10.5 Å². The summed E-state index contributed by atoms with van der Waals surface area (Å²) in [5.41, 5.74) is 3.64. The lowest BCUT2D eigenvalue weighted by molar-refractivity contribution is -0.0112. The molecule has 2 amide bonds. The van der Waals surface area contributed by atoms with Gasteiger partial charge < -0.3 is 20.1 Å². The van der Waals surface area contributed by atoms with Gasteiger partial charge >= 0.3 is 6.03 Å². The summed E-state index contributed by atoms with van der Waals surface area (Å²) in [6, 6.07) is 14.1. The number of nitrogens with zero attached hydrogens (tertiary/aromatic N) is 2. The number of ether oxygens (including phenoxy) is 1. The fourth-order valence-electron chi connectivity index (χ4n) is 5.49. The molecule has 2 aromatic rings. The lowest BCUT2D eigenvalue weighted by atomic mass is 9.85. The molecule has 0 aliphatic carbocycles. The number of aliphatic imine (C=N–C) groups is 1. The van der Waals surface area contributed by atoms with Gasteiger partial charge in [-0.3, -0.25) is 5.32 Å². The number of amides is 2. The molecule has 2 aromatic carbocycles. The van der Waals surface area contributed by atoms with Crippen molar-refractivity contribution in [2.45, 2.75) is 50.0 Å². The summed E-state index contributed by atoms with van der Waals surface area (Å²) in [6.45, 7) is 3.09. The normalized spacial score (nSPS) is 19.9. The van der Waals surface area contributed by atoms with Gasteiger partial charge in [0.25, 0.3) is 0 Å². The second kappa shape index (κ2) is 9.76. The number of hydrogen-bond donors (Lipinski definition) is 3. The first-order chi connectivity index (χ1) is 16.5. The molecule has 2 saturated heterocycles. The van der Waals surface area contributed by atoms with E-state index in [0.29, 0.717) is 50.5 Å². The van der Waals surface area contributed by atoms with E-state index >= 15 is 0 Å². The standard InChI is InChI=1S/C27H34N4O3/c1-34-23-8-7-21(20-9-13-28-14-10-20)25-22(23)17-24(29-25)30-26(32)31-15-11-27(33,12-16-31)18-19-5-3-2-4-6-19/h2-8,20,28,33H,9-18H2,1H3,(H,29,30,32). The van der Waals surface area contributed by atoms with Gasteiger partial charge in [0.15, 0.2) is 0 Å². The Labute approximate surface area is 201 Å². The maximum absolute atomic E-state index is 13.0. The van der Waals surface area contributed by atoms with Gasteiger partial charge in [0, 0.05) is 31.5 Å². The maximum Gasteiger partial charge on any atom is 0.322 e. The minimum atomic E-state index is -0.767. The van der Waals surface area contributed by atoms with E-state index in [1.807, 2.05) is 36.4 Å². The van der Waals surface area contributed by atoms with Crippen LogP contribution >= 0.6 is 0 Å². The second-order valence-corrected chi connectivity index (χ2v) is 9.75. The number of urea groups is 1. The zero-order valence-corrected chi connectivity index (χ0v) is 19.8. The minimum absolute atomic E-state index is 0.143. The van der Waals surface area contributed by atoms with Crippen LogP contribution < -0.4 is 15.4 Å². The number of carbonyl (C=O) groups is 1. The Kier molecular flexibility index (Phi) is 6.57. The third-order valence-corrected chi connectivity index (χ3v) is 7.47. The molecular formula is C27H34N4O3. The first-order valence-electron chi connectivity index (χ1n) is 12.3. The zero-order chi connectivity index (χ0) is 23.5. The Morgan fingerprint density at radius 3 is 2.62 bits per heavy atom. The predicted octanol–water partition coefficient (Wildman–Crippen LogP) is 3.53. The Morgan fingerprint density at radius 2 is 1.91 bits per heavy atom. The first-order valence-corrected chi connectivity index (χ1v) is 12.3. The van der Waals surface area contributed by atoms with E-state index in [0.717, 1.165) is 48.5 Å². The van der Waals surface area contributed by atoms with Crippen molar-refractivity contribution in [1.29, 1.82) is 0 Å². The second-order valence-electron chi connectivity index (χ2n) is 9.75. The number of fused-ring (bicyclic) bond motifs is 1. The quantitative estimate of drug-likeness (QED) is 0.649. The monoisotopic (exact) mass is 462 g/mol. The van der Waals surface area contributed by atoms with Crippen LogP contribution in [-0.2, 0) is 12.8 Å². The van der Waals surface area contributed by atoms with E-state index < -0.39 is 5.60 Å². The van der Waals surface area contributed by atoms with Crippen molar-refractivity contribution in [1.82, 2.24) is 15.5 Å². The lowest BCUT2D eigenvalue weighted by Crippen LogP contribution is -2.51. The molecule has 3 N–H and O–H groups in total. The average molecular weight is 463 g/mol. The third kappa shape index (κ3) is 4.81. The minimum Gasteiger partial charge on any atom is -0.496 e. The van der Waals surface area contributed by atoms with E-state index in [4.69, 9.17) is 9.73 Å². The van der Waals surface area contributed by atoms with Crippen LogP contribution in [0.5, 0.6) is 5.75 Å². The van der Waals surface area contributed by atoms with Crippen LogP contribution in [0.1, 0.15) is 48.3 Å². The molecule has 0 aromatic heterocycles. The van der Waals surface area contributed by atoms with E-state index in [9.17, 15) is 9.90 Å². The largest absolute Gasteiger partial charge is 0.496 e. The SMILES string of the molecule is COc1ccc(C2CCNCC2)c2c1CC(NC(=O)N1CCC(O)(Cc3ccccc3)CC1)=N2. The van der Waals surface area contributed by atoms with Gasteiger partial charge in [0.2, 0.25) is 0 Å². The van der Waals surface area contributed by atoms with E-state index in [1.54, 1.807) is 12.0 Å². The fourth-order valence-corrected chi connectivity index (χ4v) is 5.49. The molecule has 3 aliphatic heterocycles. The van der Waals surface area contributed by atoms with Crippen molar-refractivity contribution in [3.8, 4) is 5.75 Å². The van der Waals surface area contributed by atoms with Crippen LogP contribution in [0.2, 0.25) is 0 Å². The van der Waals surface area contributed by atoms with Crippen LogP contribution in [0.15, 0.2) is 47.5 Å². The summed E-state index contributed by atoms with van der Waals surface area (Å²) in [6.07, 6.45) is 4.50. The van der Waals surface area contributed by atoms with E-state index in [1.165, 1.54) is 5.56 Å². The van der Waals surface area contributed by atoms with Crippen LogP contribution in [0, 0.1) is 0 Å². The fraction of sp³-hybridized carbons (Fsp3) is 0.481. The number of aliphatic hydroxyl groups is 1. The number of nitrogens with one attached hydrogen (secondary N) is 2. The van der Waals surface area contributed by atoms with E-state index in [-0.39, 0.29) is 6.03 Å². The van der Waals surface area contributed by atoms with Crippen molar-refractivity contribution in [2.75, 3.05) is 33.3 Å². The third-order valence-electron chi connectivity index (χ3n) is 7.47. The molecule has 7 heteroatoms. The Bertz CT molecular complexity index is 1060. The number of amidine groups is 1. The highest BCUT2D eigenvalue weighted by molar-refractivity contribution is 6.03. The maximum atomic E-state index is 13.0. The van der Waals surface area contributed by atoms with Gasteiger partial charge in [-0.15, -0.1) is 0 Å². The number of rotatable bonds is 4. The molecule has 3 aliphatic rings. The summed E-state index contributed by atoms with van der Waals surface area (Å²) in [4.78, 5) is 19.7. The Morgan fingerprint density at radius 1 is 1.18 bits per heavy atom. The molecular weight excluding hydrogens is 428 g/mol. The predicted molar refractivity (Wildman–Crippen MR) is 133 cm³/mol. The van der Waals surface area contributed by atoms with Crippen LogP contribution in [0.3, 0.4) is 0 Å². The molecule has 0 spiro atoms. The molecule has 7 nitrogen and oxygen atoms in total. The number of piperidine rings is 2. The number of benzene rings is 2. The smallest absolute Gasteiger partial charge is 0.322 e. The van der Waals surface area contributed by atoms with Gasteiger partial charge in [0.1, 0.15) is 11.6 Å². The molecule has 0 saturated carbocycles. The van der Waals surface area contributed by atoms with Gasteiger partial charge in [-0.1, -0.05) is 36.4 Å². The van der Waals surface area contributed by atoms with Crippen molar-refractivity contribution in [2.24, 2.45) is 4.99 Å². The summed E-state index contributed by atoms with van der Waals surface area (Å²) in [5.74, 6) is 1.97. The topological polar surface area (TPSA) is 86.2 Å². The van der Waals surface area contributed by atoms with E-state index in [2.05, 4.69) is 16.7 Å². The van der Waals surface area contributed by atoms with Gasteiger partial charge in [-0.05, 0) is 61.9 Å². The molecule has 0 bridgehead atoms. The molecule has 3 heterocycles. The molecule has 0 unspecified atom stereocenters. The first kappa shape index (κ1) is 22.9. The molecule has 34 heavy (non-hydrogen) atoms. The Balaban J connectivity index is 1.23. The van der Waals surface area contributed by atoms with Crippen molar-refractivity contribution < 1.29 is 14.6 Å². The number of hydrogen-bond acceptors (Lipinski definition) is 5. The highest BCUT2D eigenvalue weighted by atomic mass is 16.5. The molecule has 0 atom stereocenters. The highest BCUT2D eigenvalue weighted by Gasteiger charge is 2.35. The summed E-state index contributed by atoms with van der Waals surface area (Å²) in [7, 11) is 1.68. The Hall–Kier alpha value is -2.90. The van der Waals surface area contributed by atoms with Gasteiger partial charge in [-0.2, -0.15) is 0 Å². The lowest BCUT2D eigenvalue weighted by Gasteiger charge is -2.38. The zero-order valence-electron chi connectivity index (χ0n) is 19.8. The average Bonchev–Trinajstić information content (AvgIpc) is 3.28. The highest BCUT2D eigenvalue weighted by Crippen LogP contribution is 2.42. The number of carbonyl (C=O) groups excluding carboxylic acids is 1. The van der Waals surface area contributed by atoms with Crippen molar-refractivity contribution in [3.63, 3.8) is 0 Å². The summed E-state index contributed by atoms with van der Waals surface area (Å²) in [5, 5.41) is 17.5. The van der Waals surface area contributed by atoms with Crippen molar-refractivity contribution in [3.05, 3.63) is 59.2 Å².